The van der Waals surface area contributed by atoms with Crippen LogP contribution < -0.4 is 0 Å². The highest BCUT2D eigenvalue weighted by molar-refractivity contribution is 7.91. The third-order valence-corrected chi connectivity index (χ3v) is 13.9. The predicted octanol–water partition coefficient (Wildman–Crippen LogP) is 3.81. The molecule has 0 aromatic carbocycles. The molecule has 0 aliphatic carbocycles. The molecule has 101 valence electrons. The zero-order chi connectivity index (χ0) is 14.3. The molecule has 0 saturated carbocycles. The van der Waals surface area contributed by atoms with Gasteiger partial charge >= 0.3 is 0 Å². The van der Waals surface area contributed by atoms with E-state index < -0.39 is 18.2 Å². The van der Waals surface area contributed by atoms with E-state index in [4.69, 9.17) is 0 Å². The highest BCUT2D eigenvalue weighted by Gasteiger charge is 2.57. The van der Waals surface area contributed by atoms with Gasteiger partial charge in [-0.1, -0.05) is 54.2 Å². The third kappa shape index (κ3) is 3.00. The zero-order valence-electron chi connectivity index (χ0n) is 12.0. The molecular formula is C12H25O3SSi. The van der Waals surface area contributed by atoms with Crippen molar-refractivity contribution < 1.29 is 13.0 Å². The number of hydrogen-bond acceptors (Lipinski definition) is 2. The van der Waals surface area contributed by atoms with Gasteiger partial charge in [-0.2, -0.15) is 8.42 Å². The summed E-state index contributed by atoms with van der Waals surface area (Å²) in [5.41, 5.74) is 0. The normalized spacial score (nSPS) is 15.1. The molecule has 0 aromatic rings. The Morgan fingerprint density at radius 2 is 1.41 bits per heavy atom. The van der Waals surface area contributed by atoms with Gasteiger partial charge in [-0.3, -0.25) is 4.55 Å². The van der Waals surface area contributed by atoms with Crippen molar-refractivity contribution >= 4 is 18.2 Å². The molecule has 0 amide bonds. The maximum atomic E-state index is 11.6. The summed E-state index contributed by atoms with van der Waals surface area (Å²) in [6.45, 7) is 17.7. The van der Waals surface area contributed by atoms with Crippen LogP contribution in [0.2, 0.25) is 16.6 Å². The van der Waals surface area contributed by atoms with Crippen molar-refractivity contribution in [3.05, 3.63) is 17.5 Å². The van der Waals surface area contributed by atoms with E-state index in [1.54, 1.807) is 0 Å². The van der Waals surface area contributed by atoms with Crippen LogP contribution in [0.4, 0.5) is 0 Å². The Bertz CT molecular complexity index is 371. The first-order chi connectivity index (χ1) is 7.19. The molecule has 1 N–H and O–H groups in total. The minimum Gasteiger partial charge on any atom is -0.285 e. The first-order valence-electron chi connectivity index (χ1n) is 5.67. The Labute approximate surface area is 107 Å². The van der Waals surface area contributed by atoms with Gasteiger partial charge in [-0.05, 0) is 10.1 Å². The molecule has 3 nitrogen and oxygen atoms in total. The Hall–Kier alpha value is -0.133. The average Bonchev–Trinajstić information content (AvgIpc) is 1.97. The molecule has 5 heteroatoms. The predicted molar refractivity (Wildman–Crippen MR) is 76.0 cm³/mol. The summed E-state index contributed by atoms with van der Waals surface area (Å²) in [5, 5.41) is -0.380. The topological polar surface area (TPSA) is 54.4 Å². The Kier molecular flexibility index (Phi) is 4.48. The Morgan fingerprint density at radius 3 is 1.47 bits per heavy atom. The third-order valence-electron chi connectivity index (χ3n) is 3.96. The lowest BCUT2D eigenvalue weighted by Gasteiger charge is -2.51. The lowest BCUT2D eigenvalue weighted by Crippen LogP contribution is -2.55. The van der Waals surface area contributed by atoms with Crippen LogP contribution in [-0.2, 0) is 10.1 Å². The molecule has 0 aliphatic rings. The summed E-state index contributed by atoms with van der Waals surface area (Å²) in [6.07, 6.45) is 1.32. The summed E-state index contributed by atoms with van der Waals surface area (Å²) < 4.78 is 32.6. The summed E-state index contributed by atoms with van der Waals surface area (Å²) in [5.74, 6) is 0. The fourth-order valence-electron chi connectivity index (χ4n) is 2.43. The molecule has 0 fully saturated rings. The van der Waals surface area contributed by atoms with Crippen LogP contribution in [0.25, 0.3) is 0 Å². The van der Waals surface area contributed by atoms with Crippen LogP contribution in [-0.4, -0.2) is 21.0 Å². The summed E-state index contributed by atoms with van der Waals surface area (Å²) in [4.78, 5) is 0.130. The molecule has 1 radical (unpaired) electrons. The van der Waals surface area contributed by atoms with E-state index in [2.05, 4.69) is 6.58 Å². The molecule has 17 heavy (non-hydrogen) atoms. The molecule has 0 aliphatic heterocycles. The van der Waals surface area contributed by atoms with Crippen molar-refractivity contribution in [1.29, 1.82) is 0 Å². The van der Waals surface area contributed by atoms with Gasteiger partial charge < -0.3 is 0 Å². The SMILES string of the molecule is C=C[C]([Si](C)(C(C)(C)C)C(C)(C)C)S(=O)(=O)O. The van der Waals surface area contributed by atoms with Gasteiger partial charge in [0.15, 0.2) is 0 Å². The van der Waals surface area contributed by atoms with E-state index in [0.29, 0.717) is 0 Å². The summed E-state index contributed by atoms with van der Waals surface area (Å²) in [7, 11) is -6.64. The van der Waals surface area contributed by atoms with Crippen molar-refractivity contribution in [3.63, 3.8) is 0 Å². The maximum absolute atomic E-state index is 11.6. The first kappa shape index (κ1) is 16.9. The minimum absolute atomic E-state index is 0.130. The molecule has 0 bridgehead atoms. The van der Waals surface area contributed by atoms with Gasteiger partial charge in [0.2, 0.25) is 0 Å². The van der Waals surface area contributed by atoms with Crippen molar-refractivity contribution in [2.24, 2.45) is 0 Å². The zero-order valence-corrected chi connectivity index (χ0v) is 13.8. The van der Waals surface area contributed by atoms with Gasteiger partial charge in [-0.25, -0.2) is 0 Å². The molecule has 0 heterocycles. The monoisotopic (exact) mass is 277 g/mol. The fraction of sp³-hybridized carbons (Fsp3) is 0.750. The fourth-order valence-corrected chi connectivity index (χ4v) is 10.7. The van der Waals surface area contributed by atoms with E-state index >= 15 is 0 Å². The van der Waals surface area contributed by atoms with Crippen molar-refractivity contribution in [2.45, 2.75) is 58.2 Å². The summed E-state index contributed by atoms with van der Waals surface area (Å²) in [6, 6.07) is 0. The summed E-state index contributed by atoms with van der Waals surface area (Å²) >= 11 is 0. The van der Waals surface area contributed by atoms with Crippen molar-refractivity contribution in [1.82, 2.24) is 0 Å². The van der Waals surface area contributed by atoms with E-state index in [1.165, 1.54) is 6.08 Å². The number of hydrogen-bond donors (Lipinski definition) is 1. The molecule has 0 rings (SSSR count). The van der Waals surface area contributed by atoms with Crippen molar-refractivity contribution in [2.75, 3.05) is 0 Å². The minimum atomic E-state index is -4.18. The molecule has 0 spiro atoms. The molecule has 0 unspecified atom stereocenters. The molecular weight excluding hydrogens is 252 g/mol. The quantitative estimate of drug-likeness (QED) is 0.630. The van der Waals surface area contributed by atoms with Gasteiger partial charge in [0, 0.05) is 0 Å². The Morgan fingerprint density at radius 1 is 1.12 bits per heavy atom. The van der Waals surface area contributed by atoms with Crippen molar-refractivity contribution in [3.8, 4) is 0 Å². The van der Waals surface area contributed by atoms with Crippen LogP contribution in [0.1, 0.15) is 41.5 Å². The number of rotatable bonds is 3. The van der Waals surface area contributed by atoms with Gasteiger partial charge in [-0.15, -0.1) is 6.58 Å². The highest BCUT2D eigenvalue weighted by Crippen LogP contribution is 2.56. The van der Waals surface area contributed by atoms with E-state index in [1.807, 2.05) is 48.1 Å². The van der Waals surface area contributed by atoms with Crippen LogP contribution in [0.5, 0.6) is 0 Å². The standard InChI is InChI=1S/C12H25O3SSi/c1-9-10(16(13,14)15)17(8,11(2,3)4)12(5,6)7/h9H,1H2,2-8H3,(H,13,14,15). The van der Waals surface area contributed by atoms with Gasteiger partial charge in [0.05, 0.1) is 8.07 Å². The van der Waals surface area contributed by atoms with Crippen LogP contribution in [0.15, 0.2) is 12.7 Å². The Balaban J connectivity index is 6.09. The maximum Gasteiger partial charge on any atom is 0.273 e. The molecule has 0 saturated heterocycles. The lowest BCUT2D eigenvalue weighted by atomic mass is 10.2. The lowest BCUT2D eigenvalue weighted by molar-refractivity contribution is 0.486. The largest absolute Gasteiger partial charge is 0.285 e. The van der Waals surface area contributed by atoms with Gasteiger partial charge in [0.25, 0.3) is 10.1 Å². The van der Waals surface area contributed by atoms with E-state index in [-0.39, 0.29) is 14.9 Å². The second-order valence-electron chi connectivity index (χ2n) is 6.67. The van der Waals surface area contributed by atoms with Crippen LogP contribution in [0.3, 0.4) is 0 Å². The van der Waals surface area contributed by atoms with Gasteiger partial charge in [0.1, 0.15) is 4.87 Å². The van der Waals surface area contributed by atoms with E-state index in [9.17, 15) is 13.0 Å². The van der Waals surface area contributed by atoms with E-state index in [0.717, 1.165) is 0 Å². The highest BCUT2D eigenvalue weighted by atomic mass is 32.2. The van der Waals surface area contributed by atoms with Crippen LogP contribution >= 0.6 is 0 Å². The van der Waals surface area contributed by atoms with Crippen LogP contribution in [0, 0.1) is 4.87 Å². The smallest absolute Gasteiger partial charge is 0.273 e. The molecule has 0 atom stereocenters. The first-order valence-corrected chi connectivity index (χ1v) is 9.61. The molecule has 0 aromatic heterocycles. The second kappa shape index (κ2) is 4.52. The second-order valence-corrected chi connectivity index (χ2v) is 14.2. The average molecular weight is 277 g/mol.